The van der Waals surface area contributed by atoms with Gasteiger partial charge in [-0.3, -0.25) is 10.4 Å². The lowest BCUT2D eigenvalue weighted by atomic mass is 10.1. The van der Waals surface area contributed by atoms with Crippen molar-refractivity contribution in [3.8, 4) is 22.8 Å². The van der Waals surface area contributed by atoms with E-state index in [1.807, 2.05) is 29.1 Å². The molecule has 1 aliphatic heterocycles. The van der Waals surface area contributed by atoms with Crippen LogP contribution in [0.5, 0.6) is 11.5 Å². The first-order valence-corrected chi connectivity index (χ1v) is 7.71. The van der Waals surface area contributed by atoms with Gasteiger partial charge in [-0.2, -0.15) is 0 Å². The smallest absolute Gasteiger partial charge is 0.161 e. The Bertz CT molecular complexity index is 734. The van der Waals surface area contributed by atoms with Crippen molar-refractivity contribution in [3.63, 3.8) is 0 Å². The molecule has 1 aromatic carbocycles. The molecular formula is C17H22N4O2. The maximum Gasteiger partial charge on any atom is 0.161 e. The highest BCUT2D eigenvalue weighted by Gasteiger charge is 2.21. The number of hydrogen-bond acceptors (Lipinski definition) is 4. The zero-order valence-electron chi connectivity index (χ0n) is 14.0. The maximum atomic E-state index is 5.38. The van der Waals surface area contributed by atoms with Crippen molar-refractivity contribution >= 4 is 5.84 Å². The number of nitrogens with zero attached hydrogens (tertiary/aromatic N) is 3. The summed E-state index contributed by atoms with van der Waals surface area (Å²) in [5.74, 6) is 3.89. The molecule has 0 amide bonds. The van der Waals surface area contributed by atoms with Crippen LogP contribution in [0.15, 0.2) is 29.4 Å². The number of benzene rings is 1. The molecule has 0 aliphatic carbocycles. The van der Waals surface area contributed by atoms with Gasteiger partial charge in [-0.1, -0.05) is 13.8 Å². The van der Waals surface area contributed by atoms with Crippen LogP contribution in [0.2, 0.25) is 0 Å². The molecule has 3 rings (SSSR count). The highest BCUT2D eigenvalue weighted by Crippen LogP contribution is 2.32. The molecule has 1 aliphatic rings. The van der Waals surface area contributed by atoms with Crippen LogP contribution in [-0.2, 0) is 6.42 Å². The lowest BCUT2D eigenvalue weighted by molar-refractivity contribution is 0.355. The second-order valence-corrected chi connectivity index (χ2v) is 5.93. The first-order chi connectivity index (χ1) is 11.1. The topological polar surface area (TPSA) is 60.7 Å². The van der Waals surface area contributed by atoms with E-state index in [1.165, 1.54) is 0 Å². The van der Waals surface area contributed by atoms with Gasteiger partial charge in [0.25, 0.3) is 0 Å². The van der Waals surface area contributed by atoms with E-state index in [0.717, 1.165) is 35.9 Å². The van der Waals surface area contributed by atoms with Crippen LogP contribution in [0.1, 0.15) is 19.7 Å². The van der Waals surface area contributed by atoms with Gasteiger partial charge in [0.1, 0.15) is 11.7 Å². The van der Waals surface area contributed by atoms with Gasteiger partial charge in [-0.15, -0.1) is 0 Å². The van der Waals surface area contributed by atoms with Gasteiger partial charge in [0.2, 0.25) is 0 Å². The molecule has 0 unspecified atom stereocenters. The third kappa shape index (κ3) is 3.02. The van der Waals surface area contributed by atoms with E-state index in [4.69, 9.17) is 9.47 Å². The molecular weight excluding hydrogens is 292 g/mol. The van der Waals surface area contributed by atoms with E-state index in [2.05, 4.69) is 29.2 Å². The largest absolute Gasteiger partial charge is 0.493 e. The van der Waals surface area contributed by atoms with Gasteiger partial charge in [0.05, 0.1) is 32.5 Å². The number of imidazole rings is 1. The first kappa shape index (κ1) is 15.4. The van der Waals surface area contributed by atoms with E-state index >= 15 is 0 Å². The van der Waals surface area contributed by atoms with Crippen LogP contribution < -0.4 is 14.9 Å². The molecule has 2 aromatic rings. The summed E-state index contributed by atoms with van der Waals surface area (Å²) in [5.41, 5.74) is 5.33. The fourth-order valence-electron chi connectivity index (χ4n) is 2.54. The van der Waals surface area contributed by atoms with Crippen molar-refractivity contribution in [2.45, 2.75) is 20.3 Å². The number of rotatable bonds is 5. The summed E-state index contributed by atoms with van der Waals surface area (Å²) in [6.07, 6.45) is 2.60. The van der Waals surface area contributed by atoms with Crippen molar-refractivity contribution < 1.29 is 9.47 Å². The summed E-state index contributed by atoms with van der Waals surface area (Å²) in [4.78, 5) is 9.10. The Morgan fingerprint density at radius 2 is 2.04 bits per heavy atom. The molecule has 6 heteroatoms. The zero-order valence-corrected chi connectivity index (χ0v) is 14.0. The van der Waals surface area contributed by atoms with Gasteiger partial charge < -0.3 is 9.47 Å². The van der Waals surface area contributed by atoms with Gasteiger partial charge in [0, 0.05) is 12.1 Å². The Labute approximate surface area is 136 Å². The molecule has 0 fully saturated rings. The van der Waals surface area contributed by atoms with E-state index in [1.54, 1.807) is 14.2 Å². The average molecular weight is 314 g/mol. The van der Waals surface area contributed by atoms with Crippen molar-refractivity contribution in [2.75, 3.05) is 26.2 Å². The van der Waals surface area contributed by atoms with Gasteiger partial charge in [-0.05, 0) is 24.1 Å². The number of aliphatic imine (C=N–C) groups is 1. The number of nitrogens with one attached hydrogen (secondary N) is 1. The minimum absolute atomic E-state index is 0.544. The van der Waals surface area contributed by atoms with Crippen LogP contribution in [0.4, 0.5) is 0 Å². The Morgan fingerprint density at radius 3 is 2.74 bits per heavy atom. The zero-order chi connectivity index (χ0) is 16.4. The van der Waals surface area contributed by atoms with Crippen molar-refractivity contribution in [1.29, 1.82) is 0 Å². The monoisotopic (exact) mass is 314 g/mol. The summed E-state index contributed by atoms with van der Waals surface area (Å²) in [5, 5.41) is 0. The predicted molar refractivity (Wildman–Crippen MR) is 91.0 cm³/mol. The molecule has 0 saturated heterocycles. The Hall–Kier alpha value is -2.50. The molecule has 0 atom stereocenters. The summed E-state index contributed by atoms with van der Waals surface area (Å²) < 4.78 is 12.7. The van der Waals surface area contributed by atoms with Gasteiger partial charge >= 0.3 is 0 Å². The van der Waals surface area contributed by atoms with E-state index < -0.39 is 0 Å². The fourth-order valence-corrected chi connectivity index (χ4v) is 2.54. The number of amidine groups is 1. The Morgan fingerprint density at radius 1 is 1.26 bits per heavy atom. The van der Waals surface area contributed by atoms with Gasteiger partial charge in [0.15, 0.2) is 11.5 Å². The second-order valence-electron chi connectivity index (χ2n) is 5.93. The quantitative estimate of drug-likeness (QED) is 0.922. The maximum absolute atomic E-state index is 5.38. The Balaban J connectivity index is 1.89. The molecule has 2 heterocycles. The molecule has 1 N–H and O–H groups in total. The molecule has 0 saturated carbocycles. The van der Waals surface area contributed by atoms with E-state index in [0.29, 0.717) is 17.4 Å². The summed E-state index contributed by atoms with van der Waals surface area (Å²) in [6, 6.07) is 5.85. The molecule has 122 valence electrons. The standard InChI is InChI=1S/C17H22N4O2/c1-11(2)9-18-16-8-17-19-10-13(21(17)20-16)12-5-6-14(22-3)15(7-12)23-4/h5-7,10-11H,8-9H2,1-4H3,(H,18,20). The molecule has 1 aromatic heterocycles. The van der Waals surface area contributed by atoms with Crippen LogP contribution in [0.25, 0.3) is 11.3 Å². The van der Waals surface area contributed by atoms with Crippen LogP contribution in [-0.4, -0.2) is 36.3 Å². The SMILES string of the molecule is COc1ccc(-c2cnc3n2NC(=NCC(C)C)C3)cc1OC. The predicted octanol–water partition coefficient (Wildman–Crippen LogP) is 2.72. The fraction of sp³-hybridized carbons (Fsp3) is 0.412. The number of ether oxygens (including phenoxy) is 2. The molecule has 0 spiro atoms. The minimum atomic E-state index is 0.544. The normalized spacial score (nSPS) is 14.9. The third-order valence-corrected chi connectivity index (χ3v) is 3.73. The number of methoxy groups -OCH3 is 2. The van der Waals surface area contributed by atoms with Crippen LogP contribution in [0, 0.1) is 5.92 Å². The van der Waals surface area contributed by atoms with Crippen molar-refractivity contribution in [3.05, 3.63) is 30.2 Å². The second kappa shape index (κ2) is 6.32. The van der Waals surface area contributed by atoms with Crippen LogP contribution in [0.3, 0.4) is 0 Å². The molecule has 23 heavy (non-hydrogen) atoms. The average Bonchev–Trinajstić information content (AvgIpc) is 3.12. The highest BCUT2D eigenvalue weighted by atomic mass is 16.5. The third-order valence-electron chi connectivity index (χ3n) is 3.73. The van der Waals surface area contributed by atoms with Crippen LogP contribution >= 0.6 is 0 Å². The summed E-state index contributed by atoms with van der Waals surface area (Å²) in [7, 11) is 3.27. The summed E-state index contributed by atoms with van der Waals surface area (Å²) in [6.45, 7) is 5.14. The highest BCUT2D eigenvalue weighted by molar-refractivity contribution is 5.94. The number of fused-ring (bicyclic) bond motifs is 1. The van der Waals surface area contributed by atoms with Gasteiger partial charge in [-0.25, -0.2) is 9.66 Å². The molecule has 6 nitrogen and oxygen atoms in total. The van der Waals surface area contributed by atoms with Crippen molar-refractivity contribution in [1.82, 2.24) is 9.66 Å². The lowest BCUT2D eigenvalue weighted by Crippen LogP contribution is -2.16. The van der Waals surface area contributed by atoms with Crippen molar-refractivity contribution in [2.24, 2.45) is 10.9 Å². The first-order valence-electron chi connectivity index (χ1n) is 7.71. The summed E-state index contributed by atoms with van der Waals surface area (Å²) >= 11 is 0. The van der Waals surface area contributed by atoms with E-state index in [9.17, 15) is 0 Å². The molecule has 0 bridgehead atoms. The van der Waals surface area contributed by atoms with E-state index in [-0.39, 0.29) is 0 Å². The number of hydrogen-bond donors (Lipinski definition) is 1. The number of aromatic nitrogens is 2. The molecule has 0 radical (unpaired) electrons. The minimum Gasteiger partial charge on any atom is -0.493 e. The lowest BCUT2D eigenvalue weighted by Gasteiger charge is -2.11. The Kier molecular flexibility index (Phi) is 4.23.